The molecule has 0 fully saturated rings. The first-order valence-electron chi connectivity index (χ1n) is 8.91. The molecule has 0 amide bonds. The Morgan fingerprint density at radius 1 is 0.286 bits per heavy atom. The summed E-state index contributed by atoms with van der Waals surface area (Å²) < 4.78 is 0. The molecule has 0 aromatic heterocycles. The zero-order chi connectivity index (χ0) is 18.3. The van der Waals surface area contributed by atoms with Crippen LogP contribution in [-0.4, -0.2) is 6.67 Å². The zero-order valence-electron chi connectivity index (χ0n) is 33.3. The molecule has 19 radical (unpaired) electrons. The summed E-state index contributed by atoms with van der Waals surface area (Å²) in [7, 11) is 0. The largest absolute Gasteiger partial charge is 0.358 e. The van der Waals surface area contributed by atoms with E-state index in [1.54, 1.807) is 0 Å². The van der Waals surface area contributed by atoms with E-state index < -0.39 is 0 Å². The van der Waals surface area contributed by atoms with Crippen LogP contribution in [0.3, 0.4) is 0 Å². The van der Waals surface area contributed by atoms with E-state index in [2.05, 4.69) is 9.98 Å². The van der Waals surface area contributed by atoms with Crippen LogP contribution in [0.1, 0.15) is 62.8 Å². The van der Waals surface area contributed by atoms with E-state index in [0.29, 0.717) is 6.67 Å². The van der Waals surface area contributed by atoms with Crippen LogP contribution < -0.4 is 10.7 Å². The van der Waals surface area contributed by atoms with E-state index in [1.807, 2.05) is 116 Å². The third kappa shape index (κ3) is 160. The van der Waals surface area contributed by atoms with Crippen molar-refractivity contribution in [1.82, 2.24) is 0 Å². The Hall–Kier alpha value is 19.0. The van der Waals surface area contributed by atoms with E-state index in [9.17, 15) is 0 Å². The standard InChI is InChI=1S/C7H6N2.C6H6.4C2H6.CH4.6CH3.19Y/c1-2-4-7-6(3-1)8-5-9-7;1-2-4-6-5-3-1;4*1-2;;;;;;;;;;;;;;;;;;;;;;;;;;/h1-4H,5H2;1-6H;4*1-2H3;1H4;6*1H3;;;;;;;;;;;;;;;;;;;/q;;;;;;;6*-1;;;;;;;;;;;;;;;;;;;. The third-order valence-corrected chi connectivity index (χ3v) is 2.03. The van der Waals surface area contributed by atoms with Crippen LogP contribution in [0.4, 0.5) is 0 Å². The topological polar surface area (TPSA) is 24.7 Å². The van der Waals surface area contributed by atoms with Gasteiger partial charge in [-0.2, -0.15) is 0 Å². The molecular weight excluding hydrogens is 2050 g/mol. The Bertz CT molecular complexity index is 507. The fraction of sp³-hybridized carbons (Fsp3) is 0.357. The molecule has 0 aliphatic carbocycles. The molecule has 2 aromatic rings. The first kappa shape index (κ1) is 201. The van der Waals surface area contributed by atoms with Gasteiger partial charge in [0.1, 0.15) is 6.67 Å². The zero-order valence-corrected chi connectivity index (χ0v) is 87.3. The van der Waals surface area contributed by atoms with Crippen molar-refractivity contribution in [2.45, 2.75) is 62.8 Å². The summed E-state index contributed by atoms with van der Waals surface area (Å²) in [5.74, 6) is 0. The maximum absolute atomic E-state index is 4.13. The Labute approximate surface area is 791 Å². The van der Waals surface area contributed by atoms with Gasteiger partial charge in [-0.05, 0) is 12.1 Å². The fourth-order valence-electron chi connectivity index (χ4n) is 1.30. The smallest absolute Gasteiger partial charge is 0.130 e. The quantitative estimate of drug-likeness (QED) is 0.236. The molecular formula is C28H58N2Y19-6. The summed E-state index contributed by atoms with van der Waals surface area (Å²) in [6.07, 6.45) is 0. The Balaban J connectivity index is -0.00000000352. The fourth-order valence-corrected chi connectivity index (χ4v) is 1.30. The molecule has 1 aliphatic rings. The van der Waals surface area contributed by atoms with Crippen molar-refractivity contribution in [2.75, 3.05) is 6.67 Å². The minimum Gasteiger partial charge on any atom is -0.358 e. The minimum atomic E-state index is 0. The predicted octanol–water partition coefficient (Wildman–Crippen LogP) is 8.98. The summed E-state index contributed by atoms with van der Waals surface area (Å²) in [5.41, 5.74) is 0. The molecule has 2 aromatic carbocycles. The molecule has 0 atom stereocenters. The molecule has 0 N–H and O–H groups in total. The van der Waals surface area contributed by atoms with Gasteiger partial charge in [0.25, 0.3) is 0 Å². The van der Waals surface area contributed by atoms with Gasteiger partial charge in [0, 0.05) is 621 Å². The number of hydrogen-bond donors (Lipinski definition) is 0. The number of para-hydroxylation sites is 2. The van der Waals surface area contributed by atoms with Gasteiger partial charge in [0.05, 0.1) is 10.7 Å². The van der Waals surface area contributed by atoms with Gasteiger partial charge in [-0.15, -0.1) is 0 Å². The van der Waals surface area contributed by atoms with Crippen LogP contribution in [-0.2, 0) is 621 Å². The number of hydrogen-bond acceptors (Lipinski definition) is 2. The second kappa shape index (κ2) is 202. The van der Waals surface area contributed by atoms with Crippen LogP contribution in [0.15, 0.2) is 70.6 Å². The minimum absolute atomic E-state index is 0. The molecule has 49 heavy (non-hydrogen) atoms. The normalized spacial score (nSPS) is 4.00. The van der Waals surface area contributed by atoms with Crippen molar-refractivity contribution in [3.8, 4) is 0 Å². The van der Waals surface area contributed by atoms with Crippen LogP contribution >= 0.6 is 0 Å². The molecule has 0 saturated heterocycles. The number of rotatable bonds is 0. The maximum atomic E-state index is 4.13. The average Bonchev–Trinajstić information content (AvgIpc) is 3.19. The third-order valence-electron chi connectivity index (χ3n) is 2.03. The monoisotopic (exact) mass is 2110 g/mol. The van der Waals surface area contributed by atoms with Gasteiger partial charge in [-0.3, -0.25) is 9.98 Å². The van der Waals surface area contributed by atoms with Gasteiger partial charge >= 0.3 is 0 Å². The first-order valence-corrected chi connectivity index (χ1v) is 8.91. The molecule has 243 valence electrons. The van der Waals surface area contributed by atoms with Gasteiger partial charge < -0.3 is 44.6 Å². The van der Waals surface area contributed by atoms with Gasteiger partial charge in [-0.25, -0.2) is 0 Å². The number of nitrogens with zero attached hydrogens (tertiary/aromatic N) is 2. The van der Waals surface area contributed by atoms with E-state index >= 15 is 0 Å². The second-order valence-electron chi connectivity index (χ2n) is 3.10. The van der Waals surface area contributed by atoms with Crippen molar-refractivity contribution in [2.24, 2.45) is 9.98 Å². The van der Waals surface area contributed by atoms with Crippen LogP contribution in [0.25, 0.3) is 0 Å². The molecule has 0 saturated carbocycles. The van der Waals surface area contributed by atoms with Crippen molar-refractivity contribution >= 4 is 0 Å². The van der Waals surface area contributed by atoms with Crippen molar-refractivity contribution in [1.29, 1.82) is 0 Å². The first-order chi connectivity index (χ1) is 11.5. The van der Waals surface area contributed by atoms with Crippen LogP contribution in [0, 0.1) is 44.6 Å². The Kier molecular flexibility index (Phi) is 828. The number of fused-ring (bicyclic) bond motifs is 1. The van der Waals surface area contributed by atoms with E-state index in [-0.39, 0.29) is 673 Å². The average molecular weight is 2110 g/mol. The van der Waals surface area contributed by atoms with E-state index in [1.165, 1.54) is 0 Å². The SMILES string of the molecule is C.CC.CC.CC.CC.[CH3-].[CH3-].[CH3-].[CH3-].[CH3-].[CH3-].[Y].[Y].[Y].[Y].[Y].[Y].[Y].[Y].[Y].[Y].[Y].[Y].[Y].[Y].[Y].[Y].[Y].[Y].[Y].c1ccc2c(c1)=NCN=2.c1ccccc1. The van der Waals surface area contributed by atoms with Crippen molar-refractivity contribution in [3.05, 3.63) is 116 Å². The van der Waals surface area contributed by atoms with E-state index in [4.69, 9.17) is 0 Å². The molecule has 0 spiro atoms. The molecule has 1 aliphatic heterocycles. The molecule has 0 bridgehead atoms. The van der Waals surface area contributed by atoms with Crippen LogP contribution in [0.2, 0.25) is 0 Å². The van der Waals surface area contributed by atoms with Gasteiger partial charge in [0.2, 0.25) is 0 Å². The van der Waals surface area contributed by atoms with E-state index in [0.717, 1.165) is 10.7 Å². The van der Waals surface area contributed by atoms with Crippen molar-refractivity contribution < 1.29 is 621 Å². The molecule has 21 heteroatoms. The summed E-state index contributed by atoms with van der Waals surface area (Å²) in [6.45, 7) is 16.6. The predicted molar refractivity (Wildman–Crippen MR) is 151 cm³/mol. The van der Waals surface area contributed by atoms with Crippen molar-refractivity contribution in [3.63, 3.8) is 0 Å². The number of benzene rings is 2. The Morgan fingerprint density at radius 2 is 0.408 bits per heavy atom. The summed E-state index contributed by atoms with van der Waals surface area (Å²) in [4.78, 5) is 8.27. The molecule has 1 heterocycles. The van der Waals surface area contributed by atoms with Gasteiger partial charge in [0.15, 0.2) is 0 Å². The summed E-state index contributed by atoms with van der Waals surface area (Å²) >= 11 is 0. The molecule has 0 unspecified atom stereocenters. The maximum Gasteiger partial charge on any atom is 0.130 e. The molecule has 3 rings (SSSR count). The Morgan fingerprint density at radius 3 is 0.531 bits per heavy atom. The second-order valence-corrected chi connectivity index (χ2v) is 3.10. The molecule has 2 nitrogen and oxygen atoms in total. The van der Waals surface area contributed by atoms with Crippen LogP contribution in [0.5, 0.6) is 0 Å². The summed E-state index contributed by atoms with van der Waals surface area (Å²) in [5, 5.41) is 2.05. The summed E-state index contributed by atoms with van der Waals surface area (Å²) in [6, 6.07) is 19.9. The van der Waals surface area contributed by atoms with Gasteiger partial charge in [-0.1, -0.05) is 111 Å².